The predicted octanol–water partition coefficient (Wildman–Crippen LogP) is 4.86. The number of rotatable bonds is 7. The Morgan fingerprint density at radius 1 is 1.06 bits per heavy atom. The molecule has 7 nitrogen and oxygen atoms in total. The molecular weight excluding hydrogens is 440 g/mol. The van der Waals surface area contributed by atoms with Gasteiger partial charge in [0.15, 0.2) is 5.17 Å². The fourth-order valence-electron chi connectivity index (χ4n) is 3.03. The van der Waals surface area contributed by atoms with Crippen LogP contribution in [0.25, 0.3) is 6.08 Å². The largest absolute Gasteiger partial charge is 0.497 e. The van der Waals surface area contributed by atoms with E-state index in [2.05, 4.69) is 10.3 Å². The van der Waals surface area contributed by atoms with Crippen molar-refractivity contribution in [3.8, 4) is 11.5 Å². The van der Waals surface area contributed by atoms with Crippen LogP contribution in [0.15, 0.2) is 82.7 Å². The molecule has 166 valence electrons. The molecule has 1 amide bonds. The first kappa shape index (κ1) is 22.2. The number of nitrogens with zero attached hydrogens (tertiary/aromatic N) is 1. The number of thioether (sulfide) groups is 1. The van der Waals surface area contributed by atoms with Crippen molar-refractivity contribution in [1.82, 2.24) is 5.32 Å². The summed E-state index contributed by atoms with van der Waals surface area (Å²) < 4.78 is 11.1. The Labute approximate surface area is 194 Å². The second kappa shape index (κ2) is 10.1. The number of methoxy groups -OCH3 is 1. The number of ether oxygens (including phenoxy) is 2. The monoisotopic (exact) mass is 460 g/mol. The van der Waals surface area contributed by atoms with E-state index in [1.807, 2.05) is 36.4 Å². The van der Waals surface area contributed by atoms with Gasteiger partial charge in [0.25, 0.3) is 5.91 Å². The lowest BCUT2D eigenvalue weighted by Crippen LogP contribution is -2.19. The van der Waals surface area contributed by atoms with Crippen LogP contribution in [0.2, 0.25) is 0 Å². The molecule has 1 fully saturated rings. The maximum atomic E-state index is 12.5. The van der Waals surface area contributed by atoms with Gasteiger partial charge in [-0.05, 0) is 65.9 Å². The molecule has 1 heterocycles. The molecular formula is C25H20N2O5S. The molecule has 8 heteroatoms. The number of carbonyl (C=O) groups excluding carboxylic acids is 1. The smallest absolute Gasteiger partial charge is 0.335 e. The van der Waals surface area contributed by atoms with E-state index >= 15 is 0 Å². The van der Waals surface area contributed by atoms with Crippen LogP contribution >= 0.6 is 11.8 Å². The Morgan fingerprint density at radius 3 is 2.48 bits per heavy atom. The summed E-state index contributed by atoms with van der Waals surface area (Å²) in [7, 11) is 1.60. The average Bonchev–Trinajstić information content (AvgIpc) is 3.17. The molecule has 0 aromatic heterocycles. The summed E-state index contributed by atoms with van der Waals surface area (Å²) in [5.74, 6) is 0.145. The van der Waals surface area contributed by atoms with Crippen molar-refractivity contribution in [3.05, 3.63) is 94.4 Å². The minimum absolute atomic E-state index is 0.222. The van der Waals surface area contributed by atoms with Crippen LogP contribution in [-0.2, 0) is 11.4 Å². The van der Waals surface area contributed by atoms with Gasteiger partial charge < -0.3 is 19.9 Å². The van der Waals surface area contributed by atoms with Crippen LogP contribution in [0.1, 0.15) is 21.5 Å². The number of carboxylic acids is 1. The lowest BCUT2D eigenvalue weighted by Gasteiger charge is -2.10. The molecule has 1 saturated heterocycles. The van der Waals surface area contributed by atoms with E-state index in [4.69, 9.17) is 14.6 Å². The number of benzene rings is 3. The highest BCUT2D eigenvalue weighted by Gasteiger charge is 2.24. The topological polar surface area (TPSA) is 97.2 Å². The molecule has 0 aliphatic carbocycles. The summed E-state index contributed by atoms with van der Waals surface area (Å²) in [6.45, 7) is 0.267. The van der Waals surface area contributed by atoms with E-state index in [0.29, 0.717) is 21.5 Å². The Bertz CT molecular complexity index is 1230. The molecule has 4 rings (SSSR count). The highest BCUT2D eigenvalue weighted by molar-refractivity contribution is 8.18. The van der Waals surface area contributed by atoms with E-state index < -0.39 is 5.97 Å². The van der Waals surface area contributed by atoms with Gasteiger partial charge in [-0.25, -0.2) is 9.79 Å². The number of aliphatic imine (C=N–C) groups is 1. The van der Waals surface area contributed by atoms with Crippen LogP contribution in [0.3, 0.4) is 0 Å². The van der Waals surface area contributed by atoms with Crippen LogP contribution in [0.4, 0.5) is 5.69 Å². The second-order valence-corrected chi connectivity index (χ2v) is 8.04. The zero-order chi connectivity index (χ0) is 23.2. The molecule has 0 bridgehead atoms. The van der Waals surface area contributed by atoms with Crippen molar-refractivity contribution in [2.24, 2.45) is 4.99 Å². The van der Waals surface area contributed by atoms with Gasteiger partial charge in [0.2, 0.25) is 0 Å². The van der Waals surface area contributed by atoms with Crippen molar-refractivity contribution in [2.75, 3.05) is 7.11 Å². The van der Waals surface area contributed by atoms with Crippen molar-refractivity contribution < 1.29 is 24.2 Å². The SMILES string of the molecule is COc1ccc(N=C2NC(=O)/C(=C/c3ccccc3OCc3ccc(C(=O)O)cc3)S2)cc1. The highest BCUT2D eigenvalue weighted by Crippen LogP contribution is 2.31. The van der Waals surface area contributed by atoms with Crippen molar-refractivity contribution in [3.63, 3.8) is 0 Å². The Kier molecular flexibility index (Phi) is 6.75. The molecule has 0 unspecified atom stereocenters. The zero-order valence-electron chi connectivity index (χ0n) is 17.6. The van der Waals surface area contributed by atoms with Crippen molar-refractivity contribution in [2.45, 2.75) is 6.61 Å². The van der Waals surface area contributed by atoms with Gasteiger partial charge in [-0.1, -0.05) is 30.3 Å². The normalized spacial score (nSPS) is 15.5. The lowest BCUT2D eigenvalue weighted by molar-refractivity contribution is -0.115. The zero-order valence-corrected chi connectivity index (χ0v) is 18.5. The third kappa shape index (κ3) is 5.61. The third-order valence-corrected chi connectivity index (χ3v) is 5.66. The van der Waals surface area contributed by atoms with Gasteiger partial charge in [-0.15, -0.1) is 0 Å². The third-order valence-electron chi connectivity index (χ3n) is 4.75. The number of aromatic carboxylic acids is 1. The van der Waals surface area contributed by atoms with Gasteiger partial charge in [-0.3, -0.25) is 4.79 Å². The fraction of sp³-hybridized carbons (Fsp3) is 0.0800. The lowest BCUT2D eigenvalue weighted by atomic mass is 10.1. The quantitative estimate of drug-likeness (QED) is 0.489. The number of hydrogen-bond acceptors (Lipinski definition) is 6. The molecule has 2 N–H and O–H groups in total. The van der Waals surface area contributed by atoms with Gasteiger partial charge in [0.05, 0.1) is 23.3 Å². The number of nitrogens with one attached hydrogen (secondary N) is 1. The molecule has 3 aromatic rings. The van der Waals surface area contributed by atoms with Crippen LogP contribution in [0.5, 0.6) is 11.5 Å². The maximum Gasteiger partial charge on any atom is 0.335 e. The summed E-state index contributed by atoms with van der Waals surface area (Å²) in [6.07, 6.45) is 1.76. The summed E-state index contributed by atoms with van der Waals surface area (Å²) in [5, 5.41) is 12.3. The second-order valence-electron chi connectivity index (χ2n) is 7.01. The number of carbonyl (C=O) groups is 2. The molecule has 1 aliphatic rings. The minimum Gasteiger partial charge on any atom is -0.497 e. The standard InChI is InChI=1S/C25H20N2O5S/c1-31-20-12-10-19(11-13-20)26-25-27-23(28)22(33-25)14-18-4-2-3-5-21(18)32-15-16-6-8-17(9-7-16)24(29)30/h2-14H,15H2,1H3,(H,29,30)(H,26,27,28)/b22-14-. The molecule has 33 heavy (non-hydrogen) atoms. The molecule has 0 atom stereocenters. The van der Waals surface area contributed by atoms with E-state index in [9.17, 15) is 9.59 Å². The Balaban J connectivity index is 1.48. The maximum absolute atomic E-state index is 12.5. The number of hydrogen-bond donors (Lipinski definition) is 2. The number of carboxylic acid groups (broad SMARTS) is 1. The van der Waals surface area contributed by atoms with Crippen LogP contribution < -0.4 is 14.8 Å². The van der Waals surface area contributed by atoms with E-state index in [1.54, 1.807) is 37.5 Å². The van der Waals surface area contributed by atoms with Gasteiger partial charge >= 0.3 is 5.97 Å². The first-order valence-electron chi connectivity index (χ1n) is 9.99. The Morgan fingerprint density at radius 2 is 1.79 bits per heavy atom. The molecule has 1 aliphatic heterocycles. The molecule has 0 radical (unpaired) electrons. The molecule has 0 saturated carbocycles. The average molecular weight is 461 g/mol. The van der Waals surface area contributed by atoms with E-state index in [-0.39, 0.29) is 18.1 Å². The van der Waals surface area contributed by atoms with E-state index in [1.165, 1.54) is 23.9 Å². The van der Waals surface area contributed by atoms with Gasteiger partial charge in [0.1, 0.15) is 18.1 Å². The van der Waals surface area contributed by atoms with Crippen molar-refractivity contribution >= 4 is 40.6 Å². The van der Waals surface area contributed by atoms with Gasteiger partial charge in [-0.2, -0.15) is 0 Å². The Hall–Kier alpha value is -4.04. The van der Waals surface area contributed by atoms with Crippen molar-refractivity contribution in [1.29, 1.82) is 0 Å². The number of para-hydroxylation sites is 1. The summed E-state index contributed by atoms with van der Waals surface area (Å²) in [5.41, 5.74) is 2.52. The fourth-order valence-corrected chi connectivity index (χ4v) is 3.86. The van der Waals surface area contributed by atoms with Crippen LogP contribution in [-0.4, -0.2) is 29.3 Å². The number of amides is 1. The first-order chi connectivity index (χ1) is 16.0. The van der Waals surface area contributed by atoms with E-state index in [0.717, 1.165) is 16.9 Å². The minimum atomic E-state index is -0.971. The predicted molar refractivity (Wildman–Crippen MR) is 128 cm³/mol. The molecule has 3 aromatic carbocycles. The summed E-state index contributed by atoms with van der Waals surface area (Å²) in [6, 6.07) is 21.1. The molecule has 0 spiro atoms. The summed E-state index contributed by atoms with van der Waals surface area (Å²) >= 11 is 1.25. The van der Waals surface area contributed by atoms with Gasteiger partial charge in [0, 0.05) is 5.56 Å². The number of amidine groups is 1. The highest BCUT2D eigenvalue weighted by atomic mass is 32.2. The van der Waals surface area contributed by atoms with Crippen LogP contribution in [0, 0.1) is 0 Å². The summed E-state index contributed by atoms with van der Waals surface area (Å²) in [4.78, 5) is 28.4. The first-order valence-corrected chi connectivity index (χ1v) is 10.8.